The van der Waals surface area contributed by atoms with Crippen molar-refractivity contribution in [2.45, 2.75) is 25.4 Å². The summed E-state index contributed by atoms with van der Waals surface area (Å²) in [6, 6.07) is 8.00. The fourth-order valence-electron chi connectivity index (χ4n) is 2.05. The van der Waals surface area contributed by atoms with Crippen molar-refractivity contribution in [1.29, 1.82) is 5.26 Å². The van der Waals surface area contributed by atoms with E-state index in [-0.39, 0.29) is 5.91 Å². The first kappa shape index (κ1) is 14.4. The van der Waals surface area contributed by atoms with Crippen molar-refractivity contribution in [1.82, 2.24) is 10.2 Å². The maximum atomic E-state index is 11.7. The molecule has 0 unspecified atom stereocenters. The van der Waals surface area contributed by atoms with Gasteiger partial charge in [-0.05, 0) is 37.6 Å². The van der Waals surface area contributed by atoms with E-state index in [0.717, 1.165) is 18.4 Å². The van der Waals surface area contributed by atoms with Crippen molar-refractivity contribution in [2.75, 3.05) is 20.7 Å². The van der Waals surface area contributed by atoms with E-state index in [0.29, 0.717) is 30.4 Å². The number of methoxy groups -OCH3 is 1. The molecule has 1 amide bonds. The Labute approximate surface area is 119 Å². The molecule has 5 heteroatoms. The van der Waals surface area contributed by atoms with Gasteiger partial charge in [-0.1, -0.05) is 6.07 Å². The van der Waals surface area contributed by atoms with Crippen LogP contribution in [-0.4, -0.2) is 37.6 Å². The van der Waals surface area contributed by atoms with Gasteiger partial charge in [-0.2, -0.15) is 5.26 Å². The summed E-state index contributed by atoms with van der Waals surface area (Å²) < 4.78 is 5.11. The summed E-state index contributed by atoms with van der Waals surface area (Å²) >= 11 is 0. The molecule has 0 aromatic heterocycles. The minimum absolute atomic E-state index is 0.0593. The fourth-order valence-corrected chi connectivity index (χ4v) is 2.05. The molecule has 0 heterocycles. The van der Waals surface area contributed by atoms with Crippen LogP contribution in [0.5, 0.6) is 5.75 Å². The zero-order valence-corrected chi connectivity index (χ0v) is 11.8. The molecular formula is C15H19N3O2. The second-order valence-electron chi connectivity index (χ2n) is 5.16. The average molecular weight is 273 g/mol. The third-order valence-electron chi connectivity index (χ3n) is 3.19. The van der Waals surface area contributed by atoms with Gasteiger partial charge in [0.2, 0.25) is 5.91 Å². The van der Waals surface area contributed by atoms with Gasteiger partial charge in [-0.15, -0.1) is 0 Å². The van der Waals surface area contributed by atoms with Crippen LogP contribution < -0.4 is 10.1 Å². The lowest BCUT2D eigenvalue weighted by molar-refractivity contribution is -0.122. The van der Waals surface area contributed by atoms with Crippen molar-refractivity contribution in [2.24, 2.45) is 0 Å². The molecule has 1 N–H and O–H groups in total. The van der Waals surface area contributed by atoms with Crippen molar-refractivity contribution < 1.29 is 9.53 Å². The first-order valence-electron chi connectivity index (χ1n) is 6.67. The van der Waals surface area contributed by atoms with E-state index in [1.807, 2.05) is 18.0 Å². The third-order valence-corrected chi connectivity index (χ3v) is 3.19. The SMILES string of the molecule is COc1ccc(CN(C)CC(=O)NC2CC2)cc1C#N. The Morgan fingerprint density at radius 3 is 2.90 bits per heavy atom. The number of amides is 1. The molecule has 106 valence electrons. The van der Waals surface area contributed by atoms with Gasteiger partial charge < -0.3 is 10.1 Å². The topological polar surface area (TPSA) is 65.4 Å². The molecule has 20 heavy (non-hydrogen) atoms. The molecule has 1 aromatic carbocycles. The summed E-state index contributed by atoms with van der Waals surface area (Å²) in [5, 5.41) is 12.0. The standard InChI is InChI=1S/C15H19N3O2/c1-18(10-15(19)17-13-4-5-13)9-11-3-6-14(20-2)12(7-11)8-16/h3,6-7,13H,4-5,9-10H2,1-2H3,(H,17,19). The van der Waals surface area contributed by atoms with E-state index in [1.165, 1.54) is 0 Å². The van der Waals surface area contributed by atoms with Crippen molar-refractivity contribution >= 4 is 5.91 Å². The second kappa shape index (κ2) is 6.40. The Bertz CT molecular complexity index is 532. The van der Waals surface area contributed by atoms with Gasteiger partial charge in [0, 0.05) is 12.6 Å². The molecule has 1 saturated carbocycles. The maximum absolute atomic E-state index is 11.7. The predicted molar refractivity (Wildman–Crippen MR) is 75.2 cm³/mol. The number of ether oxygens (including phenoxy) is 1. The number of hydrogen-bond donors (Lipinski definition) is 1. The van der Waals surface area contributed by atoms with Crippen LogP contribution in [0.15, 0.2) is 18.2 Å². The van der Waals surface area contributed by atoms with Crippen molar-refractivity contribution in [3.63, 3.8) is 0 Å². The predicted octanol–water partition coefficient (Wildman–Crippen LogP) is 1.28. The van der Waals surface area contributed by atoms with Crippen LogP contribution in [0.4, 0.5) is 0 Å². The average Bonchev–Trinajstić information content (AvgIpc) is 3.22. The molecule has 1 aromatic rings. The lowest BCUT2D eigenvalue weighted by Gasteiger charge is -2.16. The van der Waals surface area contributed by atoms with E-state index >= 15 is 0 Å². The molecule has 0 aliphatic heterocycles. The zero-order valence-electron chi connectivity index (χ0n) is 11.8. The monoisotopic (exact) mass is 273 g/mol. The van der Waals surface area contributed by atoms with Gasteiger partial charge in [0.15, 0.2) is 0 Å². The molecule has 0 saturated heterocycles. The molecule has 0 radical (unpaired) electrons. The highest BCUT2D eigenvalue weighted by atomic mass is 16.5. The van der Waals surface area contributed by atoms with Crippen LogP contribution >= 0.6 is 0 Å². The molecule has 2 rings (SSSR count). The normalized spacial score (nSPS) is 13.9. The van der Waals surface area contributed by atoms with E-state index < -0.39 is 0 Å². The fraction of sp³-hybridized carbons (Fsp3) is 0.467. The Hall–Kier alpha value is -2.06. The van der Waals surface area contributed by atoms with Crippen molar-refractivity contribution in [3.05, 3.63) is 29.3 Å². The maximum Gasteiger partial charge on any atom is 0.234 e. The van der Waals surface area contributed by atoms with Crippen LogP contribution in [0.1, 0.15) is 24.0 Å². The molecule has 5 nitrogen and oxygen atoms in total. The molecule has 1 aliphatic carbocycles. The molecule has 1 fully saturated rings. The highest BCUT2D eigenvalue weighted by molar-refractivity contribution is 5.78. The van der Waals surface area contributed by atoms with Crippen molar-refractivity contribution in [3.8, 4) is 11.8 Å². The number of rotatable bonds is 6. The Kier molecular flexibility index (Phi) is 4.59. The van der Waals surface area contributed by atoms with Gasteiger partial charge >= 0.3 is 0 Å². The van der Waals surface area contributed by atoms with Gasteiger partial charge in [0.1, 0.15) is 11.8 Å². The Morgan fingerprint density at radius 2 is 2.30 bits per heavy atom. The number of carbonyl (C=O) groups is 1. The molecule has 0 bridgehead atoms. The minimum atomic E-state index is 0.0593. The first-order chi connectivity index (χ1) is 9.62. The summed E-state index contributed by atoms with van der Waals surface area (Å²) in [5.74, 6) is 0.634. The summed E-state index contributed by atoms with van der Waals surface area (Å²) in [6.07, 6.45) is 2.19. The minimum Gasteiger partial charge on any atom is -0.495 e. The Morgan fingerprint density at radius 1 is 1.55 bits per heavy atom. The molecule has 1 aliphatic rings. The summed E-state index contributed by atoms with van der Waals surface area (Å²) in [6.45, 7) is 0.987. The smallest absolute Gasteiger partial charge is 0.234 e. The number of hydrogen-bond acceptors (Lipinski definition) is 4. The van der Waals surface area contributed by atoms with Crippen LogP contribution in [0.2, 0.25) is 0 Å². The number of benzene rings is 1. The third kappa shape index (κ3) is 3.97. The highest BCUT2D eigenvalue weighted by Gasteiger charge is 2.23. The van der Waals surface area contributed by atoms with E-state index in [1.54, 1.807) is 19.2 Å². The summed E-state index contributed by atoms with van der Waals surface area (Å²) in [5.41, 5.74) is 1.50. The lowest BCUT2D eigenvalue weighted by atomic mass is 10.1. The number of likely N-dealkylation sites (N-methyl/N-ethyl adjacent to an activating group) is 1. The van der Waals surface area contributed by atoms with Crippen LogP contribution in [0, 0.1) is 11.3 Å². The summed E-state index contributed by atoms with van der Waals surface area (Å²) in [7, 11) is 3.44. The van der Waals surface area contributed by atoms with Crippen LogP contribution in [0.3, 0.4) is 0 Å². The second-order valence-corrected chi connectivity index (χ2v) is 5.16. The van der Waals surface area contributed by atoms with E-state index in [4.69, 9.17) is 10.00 Å². The van der Waals surface area contributed by atoms with Gasteiger partial charge in [0.05, 0.1) is 19.2 Å². The lowest BCUT2D eigenvalue weighted by Crippen LogP contribution is -2.35. The van der Waals surface area contributed by atoms with E-state index in [2.05, 4.69) is 11.4 Å². The molecular weight excluding hydrogens is 254 g/mol. The number of nitriles is 1. The van der Waals surface area contributed by atoms with Crippen LogP contribution in [0.25, 0.3) is 0 Å². The van der Waals surface area contributed by atoms with Gasteiger partial charge in [0.25, 0.3) is 0 Å². The first-order valence-corrected chi connectivity index (χ1v) is 6.67. The molecule has 0 spiro atoms. The number of carbonyl (C=O) groups excluding carboxylic acids is 1. The largest absolute Gasteiger partial charge is 0.495 e. The van der Waals surface area contributed by atoms with Crippen LogP contribution in [-0.2, 0) is 11.3 Å². The Balaban J connectivity index is 1.91. The zero-order chi connectivity index (χ0) is 14.5. The number of nitrogens with one attached hydrogen (secondary N) is 1. The summed E-state index contributed by atoms with van der Waals surface area (Å²) in [4.78, 5) is 13.6. The van der Waals surface area contributed by atoms with Gasteiger partial charge in [-0.3, -0.25) is 9.69 Å². The number of nitrogens with zero attached hydrogens (tertiary/aromatic N) is 2. The highest BCUT2D eigenvalue weighted by Crippen LogP contribution is 2.20. The molecule has 0 atom stereocenters. The van der Waals surface area contributed by atoms with Gasteiger partial charge in [-0.25, -0.2) is 0 Å². The quantitative estimate of drug-likeness (QED) is 0.848. The van der Waals surface area contributed by atoms with E-state index in [9.17, 15) is 4.79 Å².